The quantitative estimate of drug-likeness (QED) is 0.679. The molecule has 4 nitrogen and oxygen atoms in total. The fourth-order valence-corrected chi connectivity index (χ4v) is 10.3. The number of hydrogen-bond donors (Lipinski definition) is 1. The number of para-hydroxylation sites is 2. The predicted molar refractivity (Wildman–Crippen MR) is 141 cm³/mol. The molecule has 35 heavy (non-hydrogen) atoms. The number of phenols is 1. The minimum Gasteiger partial charge on any atom is -0.508 e. The summed E-state index contributed by atoms with van der Waals surface area (Å²) in [5, 5.41) is 10.7. The fourth-order valence-electron chi connectivity index (χ4n) is 10.3. The Morgan fingerprint density at radius 1 is 1.06 bits per heavy atom. The highest BCUT2D eigenvalue weighted by Gasteiger charge is 2.76. The maximum absolute atomic E-state index is 10.7. The van der Waals surface area contributed by atoms with Crippen LogP contribution in [0, 0.1) is 23.2 Å². The van der Waals surface area contributed by atoms with Gasteiger partial charge in [0.1, 0.15) is 5.75 Å². The lowest BCUT2D eigenvalue weighted by atomic mass is 9.43. The van der Waals surface area contributed by atoms with Gasteiger partial charge in [0.25, 0.3) is 0 Å². The van der Waals surface area contributed by atoms with Gasteiger partial charge in [-0.15, -0.1) is 0 Å². The highest BCUT2D eigenvalue weighted by atomic mass is 16.3. The molecule has 5 fully saturated rings. The van der Waals surface area contributed by atoms with Crippen molar-refractivity contribution in [1.29, 1.82) is 0 Å². The maximum Gasteiger partial charge on any atom is 0.115 e. The summed E-state index contributed by atoms with van der Waals surface area (Å²) < 4.78 is 0. The third kappa shape index (κ3) is 2.57. The van der Waals surface area contributed by atoms with E-state index >= 15 is 0 Å². The van der Waals surface area contributed by atoms with E-state index in [1.807, 2.05) is 6.07 Å². The second-order valence-electron chi connectivity index (χ2n) is 13.0. The van der Waals surface area contributed by atoms with Crippen molar-refractivity contribution in [3.63, 3.8) is 0 Å². The Kier molecular flexibility index (Phi) is 4.17. The van der Waals surface area contributed by atoms with Gasteiger partial charge in [-0.2, -0.15) is 0 Å². The van der Waals surface area contributed by atoms with Crippen molar-refractivity contribution in [1.82, 2.24) is 4.90 Å². The number of hydrogen-bond acceptors (Lipinski definition) is 4. The molecule has 0 aromatic heterocycles. The molecule has 2 aromatic carbocycles. The standard InChI is InChI=1S/C31H39N3O/c1-32(2)25-5-3-4-6-26(25)34-19-22-17-30-12-11-27(34)29(22)31(30)13-14-33(18-20-7-8-20)28(30)15-21-9-10-23(35)16-24(21)31/h3-6,9-10,16,20,22,27-29,35H,7-8,11-15,17-19H2,1-2H3/t22-,27?,28-,29?,30-,31+/m1/s1. The first-order chi connectivity index (χ1) is 17.0. The van der Waals surface area contributed by atoms with Crippen molar-refractivity contribution in [2.24, 2.45) is 23.2 Å². The van der Waals surface area contributed by atoms with Crippen LogP contribution >= 0.6 is 0 Å². The lowest BCUT2D eigenvalue weighted by Crippen LogP contribution is -2.69. The zero-order valence-electron chi connectivity index (χ0n) is 21.3. The van der Waals surface area contributed by atoms with Crippen LogP contribution < -0.4 is 9.80 Å². The molecule has 3 saturated carbocycles. The van der Waals surface area contributed by atoms with E-state index in [4.69, 9.17) is 0 Å². The zero-order valence-corrected chi connectivity index (χ0v) is 21.3. The van der Waals surface area contributed by atoms with E-state index < -0.39 is 0 Å². The highest BCUT2D eigenvalue weighted by molar-refractivity contribution is 5.72. The fraction of sp³-hybridized carbons (Fsp3) is 0.613. The van der Waals surface area contributed by atoms with Gasteiger partial charge >= 0.3 is 0 Å². The number of rotatable bonds is 4. The van der Waals surface area contributed by atoms with E-state index in [1.54, 1.807) is 5.56 Å². The number of benzene rings is 2. The molecule has 0 spiro atoms. The number of aromatic hydroxyl groups is 1. The third-order valence-electron chi connectivity index (χ3n) is 11.4. The molecular formula is C31H39N3O. The maximum atomic E-state index is 10.7. The second-order valence-corrected chi connectivity index (χ2v) is 13.0. The van der Waals surface area contributed by atoms with Crippen LogP contribution in [0.25, 0.3) is 0 Å². The van der Waals surface area contributed by atoms with Crippen LogP contribution in [-0.4, -0.2) is 55.8 Å². The van der Waals surface area contributed by atoms with E-state index in [-0.39, 0.29) is 5.41 Å². The summed E-state index contributed by atoms with van der Waals surface area (Å²) in [5.74, 6) is 2.89. The lowest BCUT2D eigenvalue weighted by molar-refractivity contribution is -0.0920. The van der Waals surface area contributed by atoms with Crippen molar-refractivity contribution < 1.29 is 5.11 Å². The lowest BCUT2D eigenvalue weighted by Gasteiger charge is -2.66. The van der Waals surface area contributed by atoms with Crippen molar-refractivity contribution in [2.45, 2.75) is 62.4 Å². The van der Waals surface area contributed by atoms with Gasteiger partial charge in [-0.1, -0.05) is 18.2 Å². The number of likely N-dealkylation sites (tertiary alicyclic amines) is 1. The van der Waals surface area contributed by atoms with E-state index in [2.05, 4.69) is 65.2 Å². The van der Waals surface area contributed by atoms with Crippen LogP contribution in [0.3, 0.4) is 0 Å². The molecular weight excluding hydrogens is 430 g/mol. The van der Waals surface area contributed by atoms with Gasteiger partial charge in [0, 0.05) is 44.7 Å². The van der Waals surface area contributed by atoms with Gasteiger partial charge in [0.2, 0.25) is 0 Å². The van der Waals surface area contributed by atoms with Crippen LogP contribution in [0.2, 0.25) is 0 Å². The summed E-state index contributed by atoms with van der Waals surface area (Å²) in [5.41, 5.74) is 6.49. The van der Waals surface area contributed by atoms with Crippen molar-refractivity contribution in [2.75, 3.05) is 43.5 Å². The molecule has 0 radical (unpaired) electrons. The van der Waals surface area contributed by atoms with E-state index in [1.165, 1.54) is 81.5 Å². The normalized spacial score (nSPS) is 38.9. The smallest absolute Gasteiger partial charge is 0.115 e. The van der Waals surface area contributed by atoms with Crippen molar-refractivity contribution in [3.8, 4) is 5.75 Å². The number of phenolic OH excluding ortho intramolecular Hbond substituents is 1. The number of anilines is 2. The molecule has 6 atom stereocenters. The number of nitrogens with zero attached hydrogens (tertiary/aromatic N) is 3. The molecule has 184 valence electrons. The van der Waals surface area contributed by atoms with Gasteiger partial charge in [-0.05, 0) is 110 Å². The van der Waals surface area contributed by atoms with Crippen LogP contribution in [-0.2, 0) is 11.8 Å². The Bertz CT molecular complexity index is 1190. The monoisotopic (exact) mass is 469 g/mol. The highest BCUT2D eigenvalue weighted by Crippen LogP contribution is 2.75. The van der Waals surface area contributed by atoms with Gasteiger partial charge in [0.05, 0.1) is 11.4 Å². The molecule has 2 aromatic rings. The molecule has 2 saturated heterocycles. The second kappa shape index (κ2) is 6.97. The molecule has 4 aliphatic carbocycles. The van der Waals surface area contributed by atoms with Crippen molar-refractivity contribution in [3.05, 3.63) is 53.6 Å². The molecule has 6 aliphatic rings. The third-order valence-corrected chi connectivity index (χ3v) is 11.4. The average molecular weight is 470 g/mol. The first-order valence-electron chi connectivity index (χ1n) is 14.1. The molecule has 4 heteroatoms. The van der Waals surface area contributed by atoms with Crippen LogP contribution in [0.1, 0.15) is 49.7 Å². The van der Waals surface area contributed by atoms with Gasteiger partial charge < -0.3 is 14.9 Å². The summed E-state index contributed by atoms with van der Waals surface area (Å²) in [6.07, 6.45) is 9.43. The first-order valence-corrected chi connectivity index (χ1v) is 14.1. The number of piperidine rings is 1. The minimum absolute atomic E-state index is 0.236. The Labute approximate surface area is 209 Å². The Morgan fingerprint density at radius 3 is 2.74 bits per heavy atom. The Hall–Kier alpha value is -2.20. The molecule has 2 unspecified atom stereocenters. The largest absolute Gasteiger partial charge is 0.508 e. The van der Waals surface area contributed by atoms with Crippen LogP contribution in [0.15, 0.2) is 42.5 Å². The molecule has 4 bridgehead atoms. The molecule has 0 amide bonds. The summed E-state index contributed by atoms with van der Waals surface area (Å²) in [7, 11) is 4.36. The average Bonchev–Trinajstić information content (AvgIpc) is 3.54. The molecule has 2 aliphatic heterocycles. The van der Waals surface area contributed by atoms with E-state index in [0.717, 1.165) is 11.8 Å². The summed E-state index contributed by atoms with van der Waals surface area (Å²) in [6.45, 7) is 3.78. The Balaban J connectivity index is 1.27. The zero-order chi connectivity index (χ0) is 23.5. The predicted octanol–water partition coefficient (Wildman–Crippen LogP) is 5.04. The first kappa shape index (κ1) is 20.9. The van der Waals surface area contributed by atoms with Gasteiger partial charge in [-0.25, -0.2) is 0 Å². The molecule has 2 heterocycles. The van der Waals surface area contributed by atoms with E-state index in [9.17, 15) is 5.11 Å². The topological polar surface area (TPSA) is 30.0 Å². The van der Waals surface area contributed by atoms with Crippen molar-refractivity contribution >= 4 is 11.4 Å². The van der Waals surface area contributed by atoms with Gasteiger partial charge in [0.15, 0.2) is 0 Å². The van der Waals surface area contributed by atoms with Crippen LogP contribution in [0.4, 0.5) is 11.4 Å². The summed E-state index contributed by atoms with van der Waals surface area (Å²) >= 11 is 0. The van der Waals surface area contributed by atoms with Crippen LogP contribution in [0.5, 0.6) is 5.75 Å². The molecule has 8 rings (SSSR count). The SMILES string of the molecule is CN(C)c1ccccc1N1C[C@H]2C[C@@]34CCC1C2[C@@]31CCN(CC2CC2)[C@@H]4Cc2ccc(O)cc21. The summed E-state index contributed by atoms with van der Waals surface area (Å²) in [6, 6.07) is 16.8. The number of fused-ring (bicyclic) bond motifs is 1. The summed E-state index contributed by atoms with van der Waals surface area (Å²) in [4.78, 5) is 8.05. The minimum atomic E-state index is 0.236. The molecule has 1 N–H and O–H groups in total. The van der Waals surface area contributed by atoms with Gasteiger partial charge in [-0.3, -0.25) is 4.90 Å². The van der Waals surface area contributed by atoms with E-state index in [0.29, 0.717) is 29.2 Å². The Morgan fingerprint density at radius 2 is 1.91 bits per heavy atom.